The van der Waals surface area contributed by atoms with Gasteiger partial charge in [-0.15, -0.1) is 0 Å². The van der Waals surface area contributed by atoms with Crippen molar-refractivity contribution in [1.82, 2.24) is 0 Å². The fraction of sp³-hybridized carbons (Fsp3) is 0.333. The highest BCUT2D eigenvalue weighted by atomic mass is 16.5. The first-order chi connectivity index (χ1) is 12.2. The first kappa shape index (κ1) is 17.7. The quantitative estimate of drug-likeness (QED) is 0.876. The zero-order chi connectivity index (χ0) is 17.6. The number of hydrogen-bond acceptors (Lipinski definition) is 4. The van der Waals surface area contributed by atoms with Gasteiger partial charge in [0.05, 0.1) is 26.4 Å². The second-order valence-corrected chi connectivity index (χ2v) is 6.13. The van der Waals surface area contributed by atoms with Crippen LogP contribution in [0, 0.1) is 0 Å². The Labute approximate surface area is 148 Å². The minimum absolute atomic E-state index is 0.120. The normalized spacial score (nSPS) is 21.1. The number of fused-ring (bicyclic) bond motifs is 1. The summed E-state index contributed by atoms with van der Waals surface area (Å²) in [5, 5.41) is 10.5. The third kappa shape index (κ3) is 3.93. The van der Waals surface area contributed by atoms with E-state index in [0.29, 0.717) is 6.61 Å². The van der Waals surface area contributed by atoms with Crippen LogP contribution >= 0.6 is 0 Å². The third-order valence-corrected chi connectivity index (χ3v) is 4.51. The van der Waals surface area contributed by atoms with E-state index >= 15 is 0 Å². The van der Waals surface area contributed by atoms with E-state index in [1.165, 1.54) is 0 Å². The van der Waals surface area contributed by atoms with Gasteiger partial charge in [-0.3, -0.25) is 0 Å². The van der Waals surface area contributed by atoms with E-state index in [9.17, 15) is 5.11 Å². The average Bonchev–Trinajstić information content (AvgIpc) is 2.66. The Morgan fingerprint density at radius 3 is 2.68 bits per heavy atom. The molecule has 0 radical (unpaired) electrons. The highest BCUT2D eigenvalue weighted by Gasteiger charge is 2.35. The summed E-state index contributed by atoms with van der Waals surface area (Å²) in [5.74, 6) is 0.698. The predicted molar refractivity (Wildman–Crippen MR) is 97.7 cm³/mol. The summed E-state index contributed by atoms with van der Waals surface area (Å²) >= 11 is 0. The van der Waals surface area contributed by atoms with Gasteiger partial charge in [-0.05, 0) is 17.2 Å². The molecule has 25 heavy (non-hydrogen) atoms. The molecule has 4 heteroatoms. The van der Waals surface area contributed by atoms with Gasteiger partial charge in [0, 0.05) is 18.6 Å². The molecule has 0 saturated carbocycles. The van der Waals surface area contributed by atoms with E-state index in [2.05, 4.69) is 12.2 Å². The molecule has 0 aliphatic carbocycles. The highest BCUT2D eigenvalue weighted by Crippen LogP contribution is 2.40. The first-order valence-corrected chi connectivity index (χ1v) is 8.42. The summed E-state index contributed by atoms with van der Waals surface area (Å²) in [4.78, 5) is 0. The molecule has 2 aromatic carbocycles. The summed E-state index contributed by atoms with van der Waals surface area (Å²) in [5.41, 5.74) is 3.26. The van der Waals surface area contributed by atoms with Gasteiger partial charge in [0.25, 0.3) is 0 Å². The van der Waals surface area contributed by atoms with Crippen LogP contribution < -0.4 is 4.74 Å². The minimum Gasteiger partial charge on any atom is -0.496 e. The maximum Gasteiger partial charge on any atom is 0.123 e. The summed E-state index contributed by atoms with van der Waals surface area (Å²) in [6.07, 6.45) is 3.04. The number of aliphatic hydroxyl groups is 1. The van der Waals surface area contributed by atoms with Crippen molar-refractivity contribution in [2.24, 2.45) is 0 Å². The van der Waals surface area contributed by atoms with E-state index in [1.54, 1.807) is 14.2 Å². The van der Waals surface area contributed by atoms with Gasteiger partial charge < -0.3 is 19.3 Å². The van der Waals surface area contributed by atoms with E-state index in [0.717, 1.165) is 22.4 Å². The number of rotatable bonds is 6. The van der Waals surface area contributed by atoms with Crippen molar-refractivity contribution >= 4 is 6.08 Å². The van der Waals surface area contributed by atoms with Crippen LogP contribution in [0.25, 0.3) is 6.08 Å². The number of aliphatic hydroxyl groups excluding tert-OH is 1. The third-order valence-electron chi connectivity index (χ3n) is 4.51. The van der Waals surface area contributed by atoms with Crippen molar-refractivity contribution in [3.05, 3.63) is 71.3 Å². The Bertz CT molecular complexity index is 697. The molecule has 0 saturated heterocycles. The van der Waals surface area contributed by atoms with Crippen molar-refractivity contribution in [2.75, 3.05) is 20.8 Å². The fourth-order valence-corrected chi connectivity index (χ4v) is 3.33. The summed E-state index contributed by atoms with van der Waals surface area (Å²) < 4.78 is 16.7. The predicted octanol–water partition coefficient (Wildman–Crippen LogP) is 3.40. The molecule has 3 atom stereocenters. The lowest BCUT2D eigenvalue weighted by molar-refractivity contribution is -0.0847. The maximum atomic E-state index is 10.5. The first-order valence-electron chi connectivity index (χ1n) is 8.42. The molecular formula is C21H24O4. The summed E-state index contributed by atoms with van der Waals surface area (Å²) in [7, 11) is 3.25. The number of ether oxygens (including phenoxy) is 3. The molecule has 1 aliphatic rings. The number of hydrogen-bond donors (Lipinski definition) is 1. The van der Waals surface area contributed by atoms with Crippen LogP contribution in [0.15, 0.2) is 54.6 Å². The Hall–Kier alpha value is -2.14. The molecule has 1 heterocycles. The lowest BCUT2D eigenvalue weighted by atomic mass is 9.84. The van der Waals surface area contributed by atoms with Crippen LogP contribution in [0.1, 0.15) is 22.6 Å². The molecular weight excluding hydrogens is 316 g/mol. The van der Waals surface area contributed by atoms with Gasteiger partial charge in [-0.1, -0.05) is 54.6 Å². The average molecular weight is 340 g/mol. The van der Waals surface area contributed by atoms with Crippen molar-refractivity contribution < 1.29 is 19.3 Å². The molecule has 2 aromatic rings. The van der Waals surface area contributed by atoms with E-state index in [1.807, 2.05) is 48.5 Å². The fourth-order valence-electron chi connectivity index (χ4n) is 3.33. The monoisotopic (exact) mass is 340 g/mol. The van der Waals surface area contributed by atoms with Gasteiger partial charge in [0.2, 0.25) is 0 Å². The Morgan fingerprint density at radius 2 is 1.96 bits per heavy atom. The summed E-state index contributed by atoms with van der Waals surface area (Å²) in [6, 6.07) is 16.0. The van der Waals surface area contributed by atoms with Gasteiger partial charge in [0.1, 0.15) is 11.9 Å². The highest BCUT2D eigenvalue weighted by molar-refractivity contribution is 5.54. The van der Waals surface area contributed by atoms with Gasteiger partial charge in [-0.25, -0.2) is 0 Å². The molecule has 0 spiro atoms. The molecule has 0 unspecified atom stereocenters. The van der Waals surface area contributed by atoms with Crippen LogP contribution in [0.3, 0.4) is 0 Å². The largest absolute Gasteiger partial charge is 0.496 e. The van der Waals surface area contributed by atoms with Crippen molar-refractivity contribution in [1.29, 1.82) is 0 Å². The maximum absolute atomic E-state index is 10.5. The molecule has 0 aromatic heterocycles. The van der Waals surface area contributed by atoms with Gasteiger partial charge in [-0.2, -0.15) is 0 Å². The molecule has 0 amide bonds. The number of benzene rings is 2. The number of methoxy groups -OCH3 is 2. The van der Waals surface area contributed by atoms with Crippen LogP contribution in [0.4, 0.5) is 0 Å². The van der Waals surface area contributed by atoms with Crippen molar-refractivity contribution in [2.45, 2.75) is 24.7 Å². The standard InChI is InChI=1S/C21H24O4/c1-23-14-18(22)21-17(12-11-15-7-4-3-5-8-15)20-16(13-25-21)9-6-10-19(20)24-2/h3-12,17-18,21-22H,13-14H2,1-2H3/t17-,18-,21+/m1/s1. The lowest BCUT2D eigenvalue weighted by Crippen LogP contribution is -2.40. The smallest absolute Gasteiger partial charge is 0.123 e. The van der Waals surface area contributed by atoms with Crippen LogP contribution in [-0.4, -0.2) is 38.1 Å². The SMILES string of the molecule is COC[C@@H](O)[C@H]1OCc2cccc(OC)c2[C@H]1C=Cc1ccccc1. The Morgan fingerprint density at radius 1 is 1.16 bits per heavy atom. The zero-order valence-corrected chi connectivity index (χ0v) is 14.6. The second-order valence-electron chi connectivity index (χ2n) is 6.13. The molecule has 0 bridgehead atoms. The Kier molecular flexibility index (Phi) is 5.87. The topological polar surface area (TPSA) is 47.9 Å². The van der Waals surface area contributed by atoms with E-state index < -0.39 is 6.10 Å². The molecule has 3 rings (SSSR count). The minimum atomic E-state index is -0.714. The van der Waals surface area contributed by atoms with Gasteiger partial charge in [0.15, 0.2) is 0 Å². The van der Waals surface area contributed by atoms with Crippen molar-refractivity contribution in [3.8, 4) is 5.75 Å². The molecule has 4 nitrogen and oxygen atoms in total. The lowest BCUT2D eigenvalue weighted by Gasteiger charge is -2.35. The zero-order valence-electron chi connectivity index (χ0n) is 14.6. The van der Waals surface area contributed by atoms with Crippen LogP contribution in [-0.2, 0) is 16.1 Å². The molecule has 0 fully saturated rings. The molecule has 1 N–H and O–H groups in total. The molecule has 1 aliphatic heterocycles. The molecule has 132 valence electrons. The Balaban J connectivity index is 2.00. The van der Waals surface area contributed by atoms with Crippen LogP contribution in [0.5, 0.6) is 5.75 Å². The van der Waals surface area contributed by atoms with Crippen molar-refractivity contribution in [3.63, 3.8) is 0 Å². The van der Waals surface area contributed by atoms with Crippen LogP contribution in [0.2, 0.25) is 0 Å². The van der Waals surface area contributed by atoms with Gasteiger partial charge >= 0.3 is 0 Å². The second kappa shape index (κ2) is 8.30. The van der Waals surface area contributed by atoms with E-state index in [-0.39, 0.29) is 18.6 Å². The van der Waals surface area contributed by atoms with E-state index in [4.69, 9.17) is 14.2 Å². The summed E-state index contributed by atoms with van der Waals surface area (Å²) in [6.45, 7) is 0.679.